The third kappa shape index (κ3) is 3.75. The van der Waals surface area contributed by atoms with Crippen molar-refractivity contribution >= 4 is 5.97 Å². The quantitative estimate of drug-likeness (QED) is 0.842. The Morgan fingerprint density at radius 2 is 2.16 bits per heavy atom. The minimum Gasteiger partial charge on any atom is -0.462 e. The first-order chi connectivity index (χ1) is 12.0. The van der Waals surface area contributed by atoms with E-state index in [1.807, 2.05) is 10.7 Å². The van der Waals surface area contributed by atoms with Gasteiger partial charge in [0, 0.05) is 31.9 Å². The summed E-state index contributed by atoms with van der Waals surface area (Å²) in [7, 11) is 0. The van der Waals surface area contributed by atoms with Crippen LogP contribution in [0.1, 0.15) is 36.2 Å². The molecular formula is C19H26N4O2. The summed E-state index contributed by atoms with van der Waals surface area (Å²) in [6.45, 7) is 6.89. The van der Waals surface area contributed by atoms with E-state index in [0.717, 1.165) is 26.1 Å². The van der Waals surface area contributed by atoms with E-state index in [1.165, 1.54) is 5.56 Å². The number of hydrogen-bond acceptors (Lipinski definition) is 5. The number of ether oxygens (including phenoxy) is 1. The molecule has 25 heavy (non-hydrogen) atoms. The Balaban J connectivity index is 1.68. The molecule has 134 valence electrons. The van der Waals surface area contributed by atoms with Crippen molar-refractivity contribution in [3.8, 4) is 0 Å². The lowest BCUT2D eigenvalue weighted by Gasteiger charge is -2.44. The van der Waals surface area contributed by atoms with Crippen LogP contribution >= 0.6 is 0 Å². The molecule has 0 radical (unpaired) electrons. The van der Waals surface area contributed by atoms with Gasteiger partial charge in [-0.3, -0.25) is 9.58 Å². The van der Waals surface area contributed by atoms with E-state index >= 15 is 0 Å². The fourth-order valence-corrected chi connectivity index (χ4v) is 3.33. The molecule has 1 aliphatic heterocycles. The van der Waals surface area contributed by atoms with Gasteiger partial charge in [-0.2, -0.15) is 5.10 Å². The minimum atomic E-state index is -0.340. The third-order valence-electron chi connectivity index (χ3n) is 5.05. The van der Waals surface area contributed by atoms with Gasteiger partial charge in [-0.15, -0.1) is 0 Å². The predicted molar refractivity (Wildman–Crippen MR) is 96.1 cm³/mol. The van der Waals surface area contributed by atoms with Crippen LogP contribution < -0.4 is 5.73 Å². The SMILES string of the molecule is CCOC(=O)c1cnn(C2(C)CCN(Cc3ccccc3)CC2N)c1. The van der Waals surface area contributed by atoms with E-state index in [0.29, 0.717) is 12.2 Å². The fourth-order valence-electron chi connectivity index (χ4n) is 3.33. The highest BCUT2D eigenvalue weighted by Gasteiger charge is 2.39. The molecule has 2 heterocycles. The highest BCUT2D eigenvalue weighted by molar-refractivity contribution is 5.88. The van der Waals surface area contributed by atoms with Gasteiger partial charge < -0.3 is 10.5 Å². The molecule has 0 spiro atoms. The average Bonchev–Trinajstić information content (AvgIpc) is 3.10. The molecule has 0 aliphatic carbocycles. The summed E-state index contributed by atoms with van der Waals surface area (Å²) in [5.74, 6) is -0.340. The van der Waals surface area contributed by atoms with Gasteiger partial charge in [0.05, 0.1) is 23.9 Å². The number of carbonyl (C=O) groups is 1. The Morgan fingerprint density at radius 1 is 1.40 bits per heavy atom. The number of benzene rings is 1. The third-order valence-corrected chi connectivity index (χ3v) is 5.05. The number of aromatic nitrogens is 2. The number of nitrogens with two attached hydrogens (primary N) is 1. The van der Waals surface area contributed by atoms with Crippen LogP contribution in [0, 0.1) is 0 Å². The van der Waals surface area contributed by atoms with E-state index in [1.54, 1.807) is 19.3 Å². The number of nitrogens with zero attached hydrogens (tertiary/aromatic N) is 3. The molecular weight excluding hydrogens is 316 g/mol. The Kier molecular flexibility index (Phi) is 5.20. The van der Waals surface area contributed by atoms with Crippen LogP contribution in [0.2, 0.25) is 0 Å². The van der Waals surface area contributed by atoms with Gasteiger partial charge in [0.2, 0.25) is 0 Å². The number of rotatable bonds is 5. The van der Waals surface area contributed by atoms with Crippen molar-refractivity contribution in [3.05, 3.63) is 53.9 Å². The molecule has 1 aromatic heterocycles. The zero-order valence-electron chi connectivity index (χ0n) is 14.9. The van der Waals surface area contributed by atoms with Gasteiger partial charge in [-0.1, -0.05) is 30.3 Å². The monoisotopic (exact) mass is 342 g/mol. The van der Waals surface area contributed by atoms with Crippen LogP contribution in [-0.4, -0.2) is 46.4 Å². The Hall–Kier alpha value is -2.18. The molecule has 2 unspecified atom stereocenters. The van der Waals surface area contributed by atoms with E-state index < -0.39 is 0 Å². The van der Waals surface area contributed by atoms with Gasteiger partial charge in [0.15, 0.2) is 0 Å². The van der Waals surface area contributed by atoms with Gasteiger partial charge in [-0.05, 0) is 25.8 Å². The first-order valence-electron chi connectivity index (χ1n) is 8.77. The molecule has 1 fully saturated rings. The summed E-state index contributed by atoms with van der Waals surface area (Å²) in [6.07, 6.45) is 4.20. The van der Waals surface area contributed by atoms with E-state index in [2.05, 4.69) is 41.2 Å². The lowest BCUT2D eigenvalue weighted by atomic mass is 9.85. The van der Waals surface area contributed by atoms with Crippen molar-refractivity contribution < 1.29 is 9.53 Å². The molecule has 2 atom stereocenters. The smallest absolute Gasteiger partial charge is 0.341 e. The van der Waals surface area contributed by atoms with Crippen LogP contribution in [0.25, 0.3) is 0 Å². The normalized spacial score (nSPS) is 24.2. The number of piperidine rings is 1. The number of carbonyl (C=O) groups excluding carboxylic acids is 1. The molecule has 2 N–H and O–H groups in total. The molecule has 1 aromatic carbocycles. The van der Waals surface area contributed by atoms with Crippen LogP contribution in [0.3, 0.4) is 0 Å². The largest absolute Gasteiger partial charge is 0.462 e. The highest BCUT2D eigenvalue weighted by atomic mass is 16.5. The lowest BCUT2D eigenvalue weighted by Crippen LogP contribution is -2.58. The summed E-state index contributed by atoms with van der Waals surface area (Å²) in [5, 5.41) is 4.39. The number of esters is 1. The molecule has 0 amide bonds. The Bertz CT molecular complexity index is 715. The standard InChI is InChI=1S/C19H26N4O2/c1-3-25-18(24)16-11-21-23(13-16)19(2)9-10-22(14-17(19)20)12-15-7-5-4-6-8-15/h4-8,11,13,17H,3,9-10,12,14,20H2,1-2H3. The van der Waals surface area contributed by atoms with Crippen LogP contribution in [0.5, 0.6) is 0 Å². The van der Waals surface area contributed by atoms with Gasteiger partial charge in [0.25, 0.3) is 0 Å². The first kappa shape index (κ1) is 17.6. The predicted octanol–water partition coefficient (Wildman–Crippen LogP) is 2.01. The second kappa shape index (κ2) is 7.37. The molecule has 1 aliphatic rings. The van der Waals surface area contributed by atoms with Gasteiger partial charge in [0.1, 0.15) is 0 Å². The molecule has 3 rings (SSSR count). The van der Waals surface area contributed by atoms with Crippen molar-refractivity contribution in [2.45, 2.75) is 38.4 Å². The average molecular weight is 342 g/mol. The molecule has 0 bridgehead atoms. The lowest BCUT2D eigenvalue weighted by molar-refractivity contribution is 0.0524. The summed E-state index contributed by atoms with van der Waals surface area (Å²) in [6, 6.07) is 10.4. The molecule has 6 nitrogen and oxygen atoms in total. The second-order valence-corrected chi connectivity index (χ2v) is 6.83. The van der Waals surface area contributed by atoms with Crippen molar-refractivity contribution in [2.75, 3.05) is 19.7 Å². The topological polar surface area (TPSA) is 73.4 Å². The van der Waals surface area contributed by atoms with E-state index in [9.17, 15) is 4.79 Å². The zero-order chi connectivity index (χ0) is 17.9. The highest BCUT2D eigenvalue weighted by Crippen LogP contribution is 2.29. The zero-order valence-corrected chi connectivity index (χ0v) is 14.9. The van der Waals surface area contributed by atoms with Crippen LogP contribution in [-0.2, 0) is 16.8 Å². The summed E-state index contributed by atoms with van der Waals surface area (Å²) < 4.78 is 6.88. The summed E-state index contributed by atoms with van der Waals surface area (Å²) in [5.41, 5.74) is 7.97. The second-order valence-electron chi connectivity index (χ2n) is 6.83. The van der Waals surface area contributed by atoms with E-state index in [-0.39, 0.29) is 17.6 Å². The van der Waals surface area contributed by atoms with Crippen LogP contribution in [0.4, 0.5) is 0 Å². The molecule has 1 saturated heterocycles. The summed E-state index contributed by atoms with van der Waals surface area (Å²) >= 11 is 0. The van der Waals surface area contributed by atoms with E-state index in [4.69, 9.17) is 10.5 Å². The van der Waals surface area contributed by atoms with Gasteiger partial charge in [-0.25, -0.2) is 4.79 Å². The van der Waals surface area contributed by atoms with Crippen molar-refractivity contribution in [3.63, 3.8) is 0 Å². The molecule has 6 heteroatoms. The maximum absolute atomic E-state index is 11.9. The maximum Gasteiger partial charge on any atom is 0.341 e. The fraction of sp³-hybridized carbons (Fsp3) is 0.474. The minimum absolute atomic E-state index is 0.0695. The molecule has 0 saturated carbocycles. The Morgan fingerprint density at radius 3 is 2.84 bits per heavy atom. The maximum atomic E-state index is 11.9. The van der Waals surface area contributed by atoms with Crippen molar-refractivity contribution in [1.29, 1.82) is 0 Å². The Labute approximate surface area is 148 Å². The van der Waals surface area contributed by atoms with Crippen LogP contribution in [0.15, 0.2) is 42.7 Å². The molecule has 2 aromatic rings. The van der Waals surface area contributed by atoms with Crippen molar-refractivity contribution in [2.24, 2.45) is 5.73 Å². The first-order valence-corrected chi connectivity index (χ1v) is 8.77. The van der Waals surface area contributed by atoms with Crippen molar-refractivity contribution in [1.82, 2.24) is 14.7 Å². The number of hydrogen-bond donors (Lipinski definition) is 1. The van der Waals surface area contributed by atoms with Gasteiger partial charge >= 0.3 is 5.97 Å². The number of likely N-dealkylation sites (tertiary alicyclic amines) is 1. The summed E-state index contributed by atoms with van der Waals surface area (Å²) in [4.78, 5) is 14.2.